The summed E-state index contributed by atoms with van der Waals surface area (Å²) in [6.07, 6.45) is 8.11. The number of carbonyl (C=O) groups excluding carboxylic acids is 1. The lowest BCUT2D eigenvalue weighted by atomic mass is 9.90. The minimum absolute atomic E-state index is 0.00862. The van der Waals surface area contributed by atoms with Crippen molar-refractivity contribution in [1.29, 1.82) is 0 Å². The van der Waals surface area contributed by atoms with Crippen molar-refractivity contribution in [3.8, 4) is 0 Å². The Morgan fingerprint density at radius 1 is 1.11 bits per heavy atom. The van der Waals surface area contributed by atoms with Crippen LogP contribution in [-0.4, -0.2) is 23.0 Å². The summed E-state index contributed by atoms with van der Waals surface area (Å²) in [5.74, 6) is -0.712. The van der Waals surface area contributed by atoms with Gasteiger partial charge in [0.25, 0.3) is 0 Å². The Morgan fingerprint density at radius 2 is 1.63 bits per heavy atom. The maximum atomic E-state index is 12.2. The van der Waals surface area contributed by atoms with E-state index in [1.165, 1.54) is 19.3 Å². The fourth-order valence-corrected chi connectivity index (χ4v) is 2.70. The van der Waals surface area contributed by atoms with Gasteiger partial charge < -0.3 is 10.4 Å². The summed E-state index contributed by atoms with van der Waals surface area (Å²) in [7, 11) is 0. The molecule has 0 aromatic rings. The van der Waals surface area contributed by atoms with Crippen LogP contribution in [0.5, 0.6) is 0 Å². The van der Waals surface area contributed by atoms with Crippen molar-refractivity contribution in [3.63, 3.8) is 0 Å². The first-order chi connectivity index (χ1) is 9.00. The molecule has 0 aromatic carbocycles. The lowest BCUT2D eigenvalue weighted by Crippen LogP contribution is -2.44. The third-order valence-electron chi connectivity index (χ3n) is 3.80. The summed E-state index contributed by atoms with van der Waals surface area (Å²) in [5.41, 5.74) is 0. The van der Waals surface area contributed by atoms with E-state index < -0.39 is 12.0 Å². The Bertz CT molecular complexity index is 294. The Morgan fingerprint density at radius 3 is 2.11 bits per heavy atom. The highest BCUT2D eigenvalue weighted by Crippen LogP contribution is 2.22. The van der Waals surface area contributed by atoms with E-state index in [-0.39, 0.29) is 17.7 Å². The molecule has 0 aromatic heterocycles. The molecule has 0 aliphatic heterocycles. The highest BCUT2D eigenvalue weighted by molar-refractivity contribution is 5.84. The molecule has 0 spiro atoms. The normalized spacial score (nSPS) is 19.5. The zero-order chi connectivity index (χ0) is 14.3. The summed E-state index contributed by atoms with van der Waals surface area (Å²) in [6.45, 7) is 3.94. The molecule has 1 amide bonds. The number of carbonyl (C=O) groups is 2. The molecule has 1 atom stereocenters. The Hall–Kier alpha value is -1.06. The summed E-state index contributed by atoms with van der Waals surface area (Å²) in [4.78, 5) is 23.3. The molecule has 110 valence electrons. The molecule has 0 bridgehead atoms. The Balaban J connectivity index is 2.51. The van der Waals surface area contributed by atoms with Crippen LogP contribution in [0.1, 0.15) is 65.2 Å². The minimum Gasteiger partial charge on any atom is -0.480 e. The second-order valence-electron chi connectivity index (χ2n) is 6.07. The molecular formula is C15H27NO3. The van der Waals surface area contributed by atoms with Gasteiger partial charge in [-0.3, -0.25) is 4.79 Å². The molecular weight excluding hydrogens is 242 g/mol. The second kappa shape index (κ2) is 8.18. The molecule has 1 aliphatic rings. The van der Waals surface area contributed by atoms with Gasteiger partial charge in [-0.15, -0.1) is 0 Å². The molecule has 1 fully saturated rings. The lowest BCUT2D eigenvalue weighted by molar-refractivity contribution is -0.143. The minimum atomic E-state index is -0.923. The standard InChI is InChI=1S/C15H27NO3/c1-11(2)10-13(15(18)19)16-14(17)12-8-6-4-3-5-7-9-12/h11-13H,3-10H2,1-2H3,(H,16,17)(H,18,19)/t13-/m0/s1. The number of aliphatic carboxylic acids is 1. The average molecular weight is 269 g/mol. The number of rotatable bonds is 5. The Labute approximate surface area is 116 Å². The van der Waals surface area contributed by atoms with Crippen LogP contribution in [0, 0.1) is 11.8 Å². The number of hydrogen-bond donors (Lipinski definition) is 2. The van der Waals surface area contributed by atoms with Crippen molar-refractivity contribution < 1.29 is 14.7 Å². The number of amides is 1. The van der Waals surface area contributed by atoms with E-state index in [4.69, 9.17) is 5.11 Å². The highest BCUT2D eigenvalue weighted by atomic mass is 16.4. The van der Waals surface area contributed by atoms with E-state index in [9.17, 15) is 9.59 Å². The van der Waals surface area contributed by atoms with Gasteiger partial charge in [0, 0.05) is 5.92 Å². The lowest BCUT2D eigenvalue weighted by Gasteiger charge is -2.22. The van der Waals surface area contributed by atoms with Crippen LogP contribution < -0.4 is 5.32 Å². The van der Waals surface area contributed by atoms with Crippen LogP contribution in [0.3, 0.4) is 0 Å². The third kappa shape index (κ3) is 6.08. The van der Waals surface area contributed by atoms with E-state index >= 15 is 0 Å². The molecule has 2 N–H and O–H groups in total. The molecule has 0 unspecified atom stereocenters. The number of carboxylic acids is 1. The van der Waals surface area contributed by atoms with Gasteiger partial charge in [0.05, 0.1) is 0 Å². The molecule has 4 heteroatoms. The summed E-state index contributed by atoms with van der Waals surface area (Å²) in [5, 5.41) is 11.9. The third-order valence-corrected chi connectivity index (χ3v) is 3.80. The van der Waals surface area contributed by atoms with E-state index in [0.717, 1.165) is 25.7 Å². The quantitative estimate of drug-likeness (QED) is 0.806. The molecule has 0 saturated heterocycles. The monoisotopic (exact) mass is 269 g/mol. The van der Waals surface area contributed by atoms with Gasteiger partial charge in [0.15, 0.2) is 0 Å². The zero-order valence-electron chi connectivity index (χ0n) is 12.2. The summed E-state index contributed by atoms with van der Waals surface area (Å²) >= 11 is 0. The van der Waals surface area contributed by atoms with Crippen LogP contribution in [0.2, 0.25) is 0 Å². The van der Waals surface area contributed by atoms with Crippen LogP contribution in [-0.2, 0) is 9.59 Å². The van der Waals surface area contributed by atoms with Gasteiger partial charge in [0.2, 0.25) is 5.91 Å². The number of carboxylic acid groups (broad SMARTS) is 1. The molecule has 1 aliphatic carbocycles. The van der Waals surface area contributed by atoms with Gasteiger partial charge in [-0.1, -0.05) is 46.0 Å². The van der Waals surface area contributed by atoms with E-state index in [1.54, 1.807) is 0 Å². The van der Waals surface area contributed by atoms with Gasteiger partial charge in [-0.05, 0) is 25.2 Å². The molecule has 1 rings (SSSR count). The largest absolute Gasteiger partial charge is 0.480 e. The van der Waals surface area contributed by atoms with E-state index in [1.807, 2.05) is 13.8 Å². The van der Waals surface area contributed by atoms with Crippen molar-refractivity contribution in [2.45, 2.75) is 71.3 Å². The summed E-state index contributed by atoms with van der Waals surface area (Å²) < 4.78 is 0. The topological polar surface area (TPSA) is 66.4 Å². The fourth-order valence-electron chi connectivity index (χ4n) is 2.70. The zero-order valence-corrected chi connectivity index (χ0v) is 12.2. The van der Waals surface area contributed by atoms with Gasteiger partial charge in [-0.25, -0.2) is 4.79 Å². The van der Waals surface area contributed by atoms with E-state index in [0.29, 0.717) is 6.42 Å². The van der Waals surface area contributed by atoms with Crippen molar-refractivity contribution in [1.82, 2.24) is 5.32 Å². The maximum absolute atomic E-state index is 12.2. The predicted octanol–water partition coefficient (Wildman–Crippen LogP) is 2.96. The molecule has 4 nitrogen and oxygen atoms in total. The first-order valence-corrected chi connectivity index (χ1v) is 7.54. The van der Waals surface area contributed by atoms with Crippen LogP contribution in [0.25, 0.3) is 0 Å². The SMILES string of the molecule is CC(C)C[C@H](NC(=O)C1CCCCCCC1)C(=O)O. The van der Waals surface area contributed by atoms with Gasteiger partial charge >= 0.3 is 5.97 Å². The van der Waals surface area contributed by atoms with Crippen molar-refractivity contribution in [2.75, 3.05) is 0 Å². The smallest absolute Gasteiger partial charge is 0.326 e. The van der Waals surface area contributed by atoms with Crippen LogP contribution in [0.15, 0.2) is 0 Å². The maximum Gasteiger partial charge on any atom is 0.326 e. The molecule has 0 radical (unpaired) electrons. The number of nitrogens with one attached hydrogen (secondary N) is 1. The summed E-state index contributed by atoms with van der Waals surface area (Å²) in [6, 6.07) is -0.738. The molecule has 19 heavy (non-hydrogen) atoms. The van der Waals surface area contributed by atoms with Crippen molar-refractivity contribution >= 4 is 11.9 Å². The second-order valence-corrected chi connectivity index (χ2v) is 6.07. The van der Waals surface area contributed by atoms with Gasteiger partial charge in [-0.2, -0.15) is 0 Å². The number of hydrogen-bond acceptors (Lipinski definition) is 2. The Kier molecular flexibility index (Phi) is 6.89. The van der Waals surface area contributed by atoms with Crippen molar-refractivity contribution in [3.05, 3.63) is 0 Å². The van der Waals surface area contributed by atoms with E-state index in [2.05, 4.69) is 5.32 Å². The van der Waals surface area contributed by atoms with Crippen LogP contribution >= 0.6 is 0 Å². The van der Waals surface area contributed by atoms with Crippen molar-refractivity contribution in [2.24, 2.45) is 11.8 Å². The first kappa shape index (κ1) is 16.0. The fraction of sp³-hybridized carbons (Fsp3) is 0.867. The van der Waals surface area contributed by atoms with Gasteiger partial charge in [0.1, 0.15) is 6.04 Å². The predicted molar refractivity (Wildman–Crippen MR) is 74.8 cm³/mol. The average Bonchev–Trinajstić information content (AvgIpc) is 2.26. The highest BCUT2D eigenvalue weighted by Gasteiger charge is 2.25. The van der Waals surface area contributed by atoms with Crippen LogP contribution in [0.4, 0.5) is 0 Å². The molecule has 0 heterocycles. The molecule has 1 saturated carbocycles. The first-order valence-electron chi connectivity index (χ1n) is 7.54.